The summed E-state index contributed by atoms with van der Waals surface area (Å²) < 4.78 is 5.35. The summed E-state index contributed by atoms with van der Waals surface area (Å²) in [6.45, 7) is 5.37. The van der Waals surface area contributed by atoms with Crippen LogP contribution in [0.1, 0.15) is 38.3 Å². The molecule has 1 spiro atoms. The third-order valence-corrected chi connectivity index (χ3v) is 5.63. The molecule has 9 nitrogen and oxygen atoms in total. The maximum absolute atomic E-state index is 13.3. The summed E-state index contributed by atoms with van der Waals surface area (Å²) in [5.41, 5.74) is 0.00642. The van der Waals surface area contributed by atoms with Crippen LogP contribution in [0.25, 0.3) is 0 Å². The molecule has 1 aromatic carbocycles. The standard InChI is InChI=1S/C23H32N4O5/c1-22(2,3)32-19(29)15-26(13-12-25(4)5)18(28)14-27-20(30)23(24-21(27)31)11-10-16-8-6-7-9-17(16)23/h6-9H,10-15H2,1-5H3,(H,24,31). The van der Waals surface area contributed by atoms with Gasteiger partial charge in [0.2, 0.25) is 5.91 Å². The number of carbonyl (C=O) groups excluding carboxylic acids is 4. The smallest absolute Gasteiger partial charge is 0.326 e. The lowest BCUT2D eigenvalue weighted by atomic mass is 9.92. The van der Waals surface area contributed by atoms with Crippen molar-refractivity contribution in [2.45, 2.75) is 44.8 Å². The van der Waals surface area contributed by atoms with Gasteiger partial charge in [-0.2, -0.15) is 0 Å². The Balaban J connectivity index is 1.74. The first kappa shape index (κ1) is 23.7. The zero-order valence-corrected chi connectivity index (χ0v) is 19.4. The molecule has 1 aliphatic carbocycles. The van der Waals surface area contributed by atoms with Crippen molar-refractivity contribution in [3.8, 4) is 0 Å². The highest BCUT2D eigenvalue weighted by Crippen LogP contribution is 2.41. The van der Waals surface area contributed by atoms with E-state index in [4.69, 9.17) is 4.74 Å². The van der Waals surface area contributed by atoms with Crippen molar-refractivity contribution in [2.75, 3.05) is 40.3 Å². The van der Waals surface area contributed by atoms with Gasteiger partial charge in [-0.05, 0) is 58.8 Å². The van der Waals surface area contributed by atoms with E-state index < -0.39 is 41.5 Å². The maximum atomic E-state index is 13.3. The van der Waals surface area contributed by atoms with Crippen molar-refractivity contribution in [1.82, 2.24) is 20.0 Å². The molecule has 1 atom stereocenters. The van der Waals surface area contributed by atoms with Gasteiger partial charge in [0, 0.05) is 13.1 Å². The van der Waals surface area contributed by atoms with Crippen LogP contribution in [0.5, 0.6) is 0 Å². The lowest BCUT2D eigenvalue weighted by molar-refractivity contribution is -0.159. The molecule has 1 N–H and O–H groups in total. The quantitative estimate of drug-likeness (QED) is 0.500. The zero-order valence-electron chi connectivity index (χ0n) is 19.4. The van der Waals surface area contributed by atoms with Gasteiger partial charge in [-0.25, -0.2) is 4.79 Å². The second-order valence-electron chi connectivity index (χ2n) is 9.59. The third kappa shape index (κ3) is 4.93. The molecule has 1 unspecified atom stereocenters. The van der Waals surface area contributed by atoms with Crippen molar-refractivity contribution in [1.29, 1.82) is 0 Å². The van der Waals surface area contributed by atoms with E-state index in [0.29, 0.717) is 19.4 Å². The highest BCUT2D eigenvalue weighted by molar-refractivity contribution is 6.10. The van der Waals surface area contributed by atoms with E-state index in [2.05, 4.69) is 5.32 Å². The number of likely N-dealkylation sites (N-methyl/N-ethyl adjacent to an activating group) is 1. The number of nitrogens with one attached hydrogen (secondary N) is 1. The molecule has 174 valence electrons. The molecule has 0 aromatic heterocycles. The average Bonchev–Trinajstić information content (AvgIpc) is 3.17. The fraction of sp³-hybridized carbons (Fsp3) is 0.565. The Morgan fingerprint density at radius 1 is 1.16 bits per heavy atom. The normalized spacial score (nSPS) is 20.0. The predicted octanol–water partition coefficient (Wildman–Crippen LogP) is 1.11. The first-order valence-corrected chi connectivity index (χ1v) is 10.8. The number of rotatable bonds is 7. The van der Waals surface area contributed by atoms with Crippen LogP contribution in [-0.4, -0.2) is 84.4 Å². The van der Waals surface area contributed by atoms with Crippen LogP contribution in [-0.2, 0) is 31.1 Å². The van der Waals surface area contributed by atoms with Crippen molar-refractivity contribution >= 4 is 23.8 Å². The van der Waals surface area contributed by atoms with Gasteiger partial charge in [0.15, 0.2) is 0 Å². The highest BCUT2D eigenvalue weighted by Gasteiger charge is 2.55. The Labute approximate surface area is 188 Å². The van der Waals surface area contributed by atoms with Crippen LogP contribution >= 0.6 is 0 Å². The van der Waals surface area contributed by atoms with Crippen LogP contribution in [0.15, 0.2) is 24.3 Å². The predicted molar refractivity (Wildman–Crippen MR) is 118 cm³/mol. The van der Waals surface area contributed by atoms with E-state index in [9.17, 15) is 19.2 Å². The number of carbonyl (C=O) groups is 4. The molecular weight excluding hydrogens is 412 g/mol. The van der Waals surface area contributed by atoms with Crippen LogP contribution in [0.2, 0.25) is 0 Å². The average molecular weight is 445 g/mol. The van der Waals surface area contributed by atoms with Gasteiger partial charge >= 0.3 is 12.0 Å². The molecule has 0 bridgehead atoms. The van der Waals surface area contributed by atoms with Crippen LogP contribution < -0.4 is 5.32 Å². The first-order valence-electron chi connectivity index (χ1n) is 10.8. The molecule has 4 amide bonds. The van der Waals surface area contributed by atoms with Gasteiger partial charge < -0.3 is 19.9 Å². The van der Waals surface area contributed by atoms with Crippen molar-refractivity contribution in [3.05, 3.63) is 35.4 Å². The summed E-state index contributed by atoms with van der Waals surface area (Å²) in [6.07, 6.45) is 1.14. The van der Waals surface area contributed by atoms with Crippen LogP contribution in [0.4, 0.5) is 4.79 Å². The number of aryl methyl sites for hydroxylation is 1. The Bertz CT molecular complexity index is 923. The molecule has 1 aliphatic heterocycles. The number of benzene rings is 1. The SMILES string of the molecule is CN(C)CCN(CC(=O)OC(C)(C)C)C(=O)CN1C(=O)NC2(CCc3ccccc32)C1=O. The van der Waals surface area contributed by atoms with Gasteiger partial charge in [0.25, 0.3) is 5.91 Å². The molecular formula is C23H32N4O5. The minimum atomic E-state index is -1.12. The number of imide groups is 1. The fourth-order valence-corrected chi connectivity index (χ4v) is 4.11. The van der Waals surface area contributed by atoms with Crippen LogP contribution in [0.3, 0.4) is 0 Å². The molecule has 1 fully saturated rings. The molecule has 1 heterocycles. The second kappa shape index (κ2) is 8.90. The van der Waals surface area contributed by atoms with Gasteiger partial charge in [0.1, 0.15) is 24.2 Å². The lowest BCUT2D eigenvalue weighted by Gasteiger charge is -2.27. The van der Waals surface area contributed by atoms with E-state index in [1.165, 1.54) is 4.90 Å². The van der Waals surface area contributed by atoms with Crippen molar-refractivity contribution < 1.29 is 23.9 Å². The topological polar surface area (TPSA) is 99.3 Å². The monoisotopic (exact) mass is 444 g/mol. The molecule has 0 saturated carbocycles. The molecule has 9 heteroatoms. The Morgan fingerprint density at radius 2 is 1.84 bits per heavy atom. The number of amides is 4. The number of esters is 1. The lowest BCUT2D eigenvalue weighted by Crippen LogP contribution is -2.48. The maximum Gasteiger partial charge on any atom is 0.326 e. The van der Waals surface area contributed by atoms with E-state index in [0.717, 1.165) is 16.0 Å². The zero-order chi connectivity index (χ0) is 23.7. The van der Waals surface area contributed by atoms with E-state index >= 15 is 0 Å². The number of hydrogen-bond donors (Lipinski definition) is 1. The Hall–Kier alpha value is -2.94. The minimum Gasteiger partial charge on any atom is -0.459 e. The number of urea groups is 1. The second-order valence-corrected chi connectivity index (χ2v) is 9.59. The van der Waals surface area contributed by atoms with E-state index in [1.54, 1.807) is 20.8 Å². The van der Waals surface area contributed by atoms with Gasteiger partial charge in [-0.3, -0.25) is 19.3 Å². The van der Waals surface area contributed by atoms with Gasteiger partial charge in [0.05, 0.1) is 0 Å². The molecule has 32 heavy (non-hydrogen) atoms. The molecule has 1 aromatic rings. The Morgan fingerprint density at radius 3 is 2.50 bits per heavy atom. The summed E-state index contributed by atoms with van der Waals surface area (Å²) >= 11 is 0. The van der Waals surface area contributed by atoms with E-state index in [1.807, 2.05) is 43.3 Å². The number of hydrogen-bond acceptors (Lipinski definition) is 6. The number of nitrogens with zero attached hydrogens (tertiary/aromatic N) is 3. The van der Waals surface area contributed by atoms with Gasteiger partial charge in [-0.15, -0.1) is 0 Å². The first-order chi connectivity index (χ1) is 14.9. The number of ether oxygens (including phenoxy) is 1. The molecule has 1 saturated heterocycles. The third-order valence-electron chi connectivity index (χ3n) is 5.63. The molecule has 3 rings (SSSR count). The summed E-state index contributed by atoms with van der Waals surface area (Å²) in [7, 11) is 3.71. The highest BCUT2D eigenvalue weighted by atomic mass is 16.6. The fourth-order valence-electron chi connectivity index (χ4n) is 4.11. The molecule has 2 aliphatic rings. The van der Waals surface area contributed by atoms with Crippen molar-refractivity contribution in [3.63, 3.8) is 0 Å². The molecule has 0 radical (unpaired) electrons. The van der Waals surface area contributed by atoms with Gasteiger partial charge in [-0.1, -0.05) is 24.3 Å². The summed E-state index contributed by atoms with van der Waals surface area (Å²) in [5, 5.41) is 2.82. The summed E-state index contributed by atoms with van der Waals surface area (Å²) in [4.78, 5) is 55.6. The largest absolute Gasteiger partial charge is 0.459 e. The van der Waals surface area contributed by atoms with E-state index in [-0.39, 0.29) is 13.1 Å². The summed E-state index contributed by atoms with van der Waals surface area (Å²) in [6, 6.07) is 6.94. The number of fused-ring (bicyclic) bond motifs is 2. The summed E-state index contributed by atoms with van der Waals surface area (Å²) in [5.74, 6) is -1.45. The van der Waals surface area contributed by atoms with Crippen LogP contribution in [0, 0.1) is 0 Å². The van der Waals surface area contributed by atoms with Crippen molar-refractivity contribution in [2.24, 2.45) is 0 Å². The Kier molecular flexibility index (Phi) is 6.59. The minimum absolute atomic E-state index is 0.248.